The molecule has 2 aromatic carbocycles. The van der Waals surface area contributed by atoms with Crippen LogP contribution in [0.5, 0.6) is 5.75 Å². The predicted octanol–water partition coefficient (Wildman–Crippen LogP) is 4.75. The molecule has 9 heteroatoms. The molecule has 1 aromatic heterocycles. The summed E-state index contributed by atoms with van der Waals surface area (Å²) in [5.74, 6) is -1.30. The van der Waals surface area contributed by atoms with Crippen molar-refractivity contribution in [3.05, 3.63) is 73.9 Å². The second-order valence-electron chi connectivity index (χ2n) is 5.42. The lowest BCUT2D eigenvalue weighted by molar-refractivity contribution is -0.139. The normalized spacial score (nSPS) is 10.6. The third kappa shape index (κ3) is 4.58. The molecule has 1 N–H and O–H groups in total. The van der Waals surface area contributed by atoms with Crippen molar-refractivity contribution in [2.45, 2.75) is 0 Å². The van der Waals surface area contributed by atoms with Crippen molar-refractivity contribution in [3.63, 3.8) is 0 Å². The van der Waals surface area contributed by atoms with Crippen molar-refractivity contribution < 1.29 is 19.4 Å². The van der Waals surface area contributed by atoms with Crippen LogP contribution in [0.25, 0.3) is 5.69 Å². The van der Waals surface area contributed by atoms with Gasteiger partial charge in [0.15, 0.2) is 12.4 Å². The summed E-state index contributed by atoms with van der Waals surface area (Å²) < 4.78 is 8.21. The lowest BCUT2D eigenvalue weighted by Gasteiger charge is -2.09. The summed E-state index contributed by atoms with van der Waals surface area (Å²) in [6.07, 6.45) is 2.97. The van der Waals surface area contributed by atoms with Gasteiger partial charge in [0.05, 0.1) is 28.0 Å². The zero-order chi connectivity index (χ0) is 19.6. The average Bonchev–Trinajstić information content (AvgIpc) is 3.09. The van der Waals surface area contributed by atoms with Gasteiger partial charge in [-0.1, -0.05) is 43.5 Å². The van der Waals surface area contributed by atoms with E-state index in [1.54, 1.807) is 30.5 Å². The first-order valence-corrected chi connectivity index (χ1v) is 9.50. The maximum Gasteiger partial charge on any atom is 0.341 e. The van der Waals surface area contributed by atoms with Gasteiger partial charge in [0, 0.05) is 15.1 Å². The monoisotopic (exact) mass is 512 g/mol. The third-order valence-electron chi connectivity index (χ3n) is 3.54. The smallest absolute Gasteiger partial charge is 0.341 e. The van der Waals surface area contributed by atoms with Crippen molar-refractivity contribution in [1.82, 2.24) is 9.78 Å². The Kier molecular flexibility index (Phi) is 5.98. The molecule has 0 spiro atoms. The number of hydrogen-bond donors (Lipinski definition) is 1. The molecule has 0 unspecified atom stereocenters. The molecule has 0 fully saturated rings. The van der Waals surface area contributed by atoms with Crippen LogP contribution in [0.3, 0.4) is 0 Å². The SMILES string of the molecule is O=C(O)COc1ccc(Br)cc1C(=O)c1cnn(-c2ccc(Br)cc2Cl)c1. The van der Waals surface area contributed by atoms with Crippen molar-refractivity contribution in [3.8, 4) is 11.4 Å². The van der Waals surface area contributed by atoms with Crippen molar-refractivity contribution in [1.29, 1.82) is 0 Å². The van der Waals surface area contributed by atoms with Crippen LogP contribution in [0.1, 0.15) is 15.9 Å². The predicted molar refractivity (Wildman–Crippen MR) is 107 cm³/mol. The van der Waals surface area contributed by atoms with Gasteiger partial charge in [0.25, 0.3) is 0 Å². The molecule has 0 aliphatic rings. The van der Waals surface area contributed by atoms with Crippen LogP contribution in [0, 0.1) is 0 Å². The van der Waals surface area contributed by atoms with E-state index in [4.69, 9.17) is 21.4 Å². The average molecular weight is 515 g/mol. The van der Waals surface area contributed by atoms with Gasteiger partial charge in [0.2, 0.25) is 0 Å². The molecule has 1 heterocycles. The molecule has 3 aromatic rings. The van der Waals surface area contributed by atoms with Crippen molar-refractivity contribution >= 4 is 55.2 Å². The molecule has 0 aliphatic carbocycles. The molecule has 6 nitrogen and oxygen atoms in total. The Morgan fingerprint density at radius 1 is 1.15 bits per heavy atom. The van der Waals surface area contributed by atoms with Gasteiger partial charge in [-0.3, -0.25) is 4.79 Å². The Balaban J connectivity index is 1.94. The molecule has 0 bridgehead atoms. The number of carboxylic acids is 1. The molecular weight excluding hydrogens is 503 g/mol. The number of ketones is 1. The van der Waals surface area contributed by atoms with Crippen LogP contribution in [0.2, 0.25) is 5.02 Å². The minimum Gasteiger partial charge on any atom is -0.481 e. The highest BCUT2D eigenvalue weighted by molar-refractivity contribution is 9.10. The first-order valence-electron chi connectivity index (χ1n) is 7.54. The Labute approximate surface area is 176 Å². The largest absolute Gasteiger partial charge is 0.481 e. The zero-order valence-corrected chi connectivity index (χ0v) is 17.5. The number of halogens is 3. The fourth-order valence-corrected chi connectivity index (χ4v) is 3.46. The van der Waals surface area contributed by atoms with Crippen molar-refractivity contribution in [2.75, 3.05) is 6.61 Å². The van der Waals surface area contributed by atoms with E-state index in [0.29, 0.717) is 20.7 Å². The quantitative estimate of drug-likeness (QED) is 0.481. The molecule has 3 rings (SSSR count). The minimum atomic E-state index is -1.13. The lowest BCUT2D eigenvalue weighted by Crippen LogP contribution is -2.12. The maximum absolute atomic E-state index is 12.9. The number of carbonyl (C=O) groups excluding carboxylic acids is 1. The second kappa shape index (κ2) is 8.24. The van der Waals surface area contributed by atoms with E-state index in [-0.39, 0.29) is 17.1 Å². The van der Waals surface area contributed by atoms with Gasteiger partial charge in [-0.25, -0.2) is 9.48 Å². The molecule has 0 aliphatic heterocycles. The summed E-state index contributed by atoms with van der Waals surface area (Å²) in [5.41, 5.74) is 1.16. The van der Waals surface area contributed by atoms with Crippen LogP contribution in [0.4, 0.5) is 0 Å². The van der Waals surface area contributed by atoms with Crippen LogP contribution >= 0.6 is 43.5 Å². The van der Waals surface area contributed by atoms with Gasteiger partial charge >= 0.3 is 5.97 Å². The molecule has 0 atom stereocenters. The van der Waals surface area contributed by atoms with Gasteiger partial charge < -0.3 is 9.84 Å². The van der Waals surface area contributed by atoms with E-state index >= 15 is 0 Å². The molecule has 0 amide bonds. The highest BCUT2D eigenvalue weighted by Crippen LogP contribution is 2.28. The van der Waals surface area contributed by atoms with Gasteiger partial charge in [-0.2, -0.15) is 5.10 Å². The maximum atomic E-state index is 12.9. The Morgan fingerprint density at radius 3 is 2.56 bits per heavy atom. The number of carboxylic acid groups (broad SMARTS) is 1. The summed E-state index contributed by atoms with van der Waals surface area (Å²) in [7, 11) is 0. The van der Waals surface area contributed by atoms with Crippen LogP contribution in [-0.4, -0.2) is 33.2 Å². The summed E-state index contributed by atoms with van der Waals surface area (Å²) >= 11 is 12.9. The number of aliphatic carboxylic acids is 1. The zero-order valence-electron chi connectivity index (χ0n) is 13.5. The van der Waals surface area contributed by atoms with Gasteiger partial charge in [-0.05, 0) is 36.4 Å². The number of rotatable bonds is 6. The fourth-order valence-electron chi connectivity index (χ4n) is 2.34. The fraction of sp³-hybridized carbons (Fsp3) is 0.0556. The van der Waals surface area contributed by atoms with Gasteiger partial charge in [0.1, 0.15) is 5.75 Å². The Hall–Kier alpha value is -2.16. The molecular formula is C18H11Br2ClN2O4. The van der Waals surface area contributed by atoms with Crippen LogP contribution < -0.4 is 4.74 Å². The first kappa shape index (κ1) is 19.6. The summed E-state index contributed by atoms with van der Waals surface area (Å²) in [6.45, 7) is -0.546. The summed E-state index contributed by atoms with van der Waals surface area (Å²) in [6, 6.07) is 10.1. The number of hydrogen-bond acceptors (Lipinski definition) is 4. The molecule has 0 saturated carbocycles. The third-order valence-corrected chi connectivity index (χ3v) is 4.83. The standard InChI is InChI=1S/C18H11Br2ClN2O4/c19-11-2-4-16(27-9-17(24)25)13(5-11)18(26)10-7-22-23(8-10)15-3-1-12(20)6-14(15)21/h1-8H,9H2,(H,24,25). The number of aromatic nitrogens is 2. The topological polar surface area (TPSA) is 81.4 Å². The highest BCUT2D eigenvalue weighted by atomic mass is 79.9. The molecule has 27 heavy (non-hydrogen) atoms. The number of benzene rings is 2. The Morgan fingerprint density at radius 2 is 1.85 bits per heavy atom. The van der Waals surface area contributed by atoms with Crippen LogP contribution in [-0.2, 0) is 4.79 Å². The number of nitrogens with zero attached hydrogens (tertiary/aromatic N) is 2. The number of carbonyl (C=O) groups is 2. The van der Waals surface area contributed by atoms with Gasteiger partial charge in [-0.15, -0.1) is 0 Å². The minimum absolute atomic E-state index is 0.181. The van der Waals surface area contributed by atoms with E-state index in [2.05, 4.69) is 37.0 Å². The lowest BCUT2D eigenvalue weighted by atomic mass is 10.1. The van der Waals surface area contributed by atoms with E-state index in [9.17, 15) is 9.59 Å². The van der Waals surface area contributed by atoms with E-state index in [1.165, 1.54) is 16.9 Å². The summed E-state index contributed by atoms with van der Waals surface area (Å²) in [4.78, 5) is 23.7. The van der Waals surface area contributed by atoms with E-state index in [0.717, 1.165) is 4.47 Å². The highest BCUT2D eigenvalue weighted by Gasteiger charge is 2.18. The summed E-state index contributed by atoms with van der Waals surface area (Å²) in [5, 5.41) is 13.5. The number of ether oxygens (including phenoxy) is 1. The molecule has 0 radical (unpaired) electrons. The van der Waals surface area contributed by atoms with Crippen LogP contribution in [0.15, 0.2) is 57.7 Å². The van der Waals surface area contributed by atoms with E-state index < -0.39 is 12.6 Å². The Bertz CT molecular complexity index is 1040. The van der Waals surface area contributed by atoms with E-state index in [1.807, 2.05) is 6.07 Å². The van der Waals surface area contributed by atoms with Crippen molar-refractivity contribution in [2.24, 2.45) is 0 Å². The first-order chi connectivity index (χ1) is 12.8. The molecule has 0 saturated heterocycles. The second-order valence-corrected chi connectivity index (χ2v) is 7.66. The molecule has 138 valence electrons.